The molecule has 2 heterocycles. The van der Waals surface area contributed by atoms with Crippen LogP contribution in [0.2, 0.25) is 0 Å². The zero-order valence-electron chi connectivity index (χ0n) is 19.0. The molecule has 5 rings (SSSR count). The Hall–Kier alpha value is -4.14. The molecule has 1 saturated heterocycles. The summed E-state index contributed by atoms with van der Waals surface area (Å²) >= 11 is 0. The van der Waals surface area contributed by atoms with Gasteiger partial charge in [-0.05, 0) is 79.3 Å². The van der Waals surface area contributed by atoms with Crippen LogP contribution in [0.3, 0.4) is 0 Å². The molecule has 0 saturated carbocycles. The van der Waals surface area contributed by atoms with Gasteiger partial charge in [-0.25, -0.2) is 0 Å². The molecular weight excluding hydrogens is 473 g/mol. The molecule has 184 valence electrons. The fraction of sp³-hybridized carbons (Fsp3) is 0.222. The van der Waals surface area contributed by atoms with Crippen molar-refractivity contribution in [2.45, 2.75) is 38.1 Å². The van der Waals surface area contributed by atoms with Crippen molar-refractivity contribution in [1.29, 1.82) is 0 Å². The van der Waals surface area contributed by atoms with E-state index in [0.29, 0.717) is 11.3 Å². The highest BCUT2D eigenvalue weighted by Gasteiger charge is 2.47. The van der Waals surface area contributed by atoms with Crippen LogP contribution in [0.15, 0.2) is 72.4 Å². The number of carbonyl (C=O) groups is 2. The lowest BCUT2D eigenvalue weighted by Gasteiger charge is -2.25. The third-order valence-electron chi connectivity index (χ3n) is 6.38. The smallest absolute Gasteiger partial charge is 0.507 e. The van der Waals surface area contributed by atoms with Crippen molar-refractivity contribution in [3.8, 4) is 5.75 Å². The minimum Gasteiger partial charge on any atom is -0.507 e. The lowest BCUT2D eigenvalue weighted by atomic mass is 9.89. The van der Waals surface area contributed by atoms with Crippen molar-refractivity contribution >= 4 is 23.1 Å². The summed E-state index contributed by atoms with van der Waals surface area (Å²) in [6, 6.07) is 14.0. The number of aromatic nitrogens is 1. The number of Topliss-reactive ketones (excluding diaryl/α,β-unsaturated/α-hetero) is 1. The predicted molar refractivity (Wildman–Crippen MR) is 125 cm³/mol. The summed E-state index contributed by atoms with van der Waals surface area (Å²) in [7, 11) is 0. The van der Waals surface area contributed by atoms with Gasteiger partial charge in [0.25, 0.3) is 11.7 Å². The zero-order valence-corrected chi connectivity index (χ0v) is 19.0. The summed E-state index contributed by atoms with van der Waals surface area (Å²) in [4.78, 5) is 31.8. The van der Waals surface area contributed by atoms with Crippen molar-refractivity contribution in [1.82, 2.24) is 4.98 Å². The van der Waals surface area contributed by atoms with Crippen LogP contribution >= 0.6 is 0 Å². The molecule has 6 nitrogen and oxygen atoms in total. The maximum Gasteiger partial charge on any atom is 0.573 e. The fourth-order valence-electron chi connectivity index (χ4n) is 4.76. The maximum atomic E-state index is 13.2. The minimum atomic E-state index is -4.87. The second-order valence-electron chi connectivity index (χ2n) is 8.66. The summed E-state index contributed by atoms with van der Waals surface area (Å²) < 4.78 is 41.6. The average Bonchev–Trinajstić information content (AvgIpc) is 3.13. The Morgan fingerprint density at radius 2 is 1.69 bits per heavy atom. The maximum absolute atomic E-state index is 13.2. The van der Waals surface area contributed by atoms with Gasteiger partial charge in [0, 0.05) is 17.4 Å². The molecule has 1 amide bonds. The summed E-state index contributed by atoms with van der Waals surface area (Å²) in [6.45, 7) is 0. The molecule has 1 aliphatic carbocycles. The number of aliphatic hydroxyl groups is 1. The Kier molecular flexibility index (Phi) is 5.99. The number of rotatable bonds is 4. The first-order valence-electron chi connectivity index (χ1n) is 11.4. The van der Waals surface area contributed by atoms with Gasteiger partial charge in [0.1, 0.15) is 17.6 Å². The van der Waals surface area contributed by atoms with Crippen LogP contribution in [0.4, 0.5) is 18.9 Å². The number of anilines is 1. The van der Waals surface area contributed by atoms with E-state index in [-0.39, 0.29) is 17.0 Å². The predicted octanol–water partition coefficient (Wildman–Crippen LogP) is 5.49. The Bertz CT molecular complexity index is 1350. The van der Waals surface area contributed by atoms with E-state index in [9.17, 15) is 27.9 Å². The number of aliphatic hydroxyl groups excluding tert-OH is 1. The van der Waals surface area contributed by atoms with Crippen LogP contribution in [0.25, 0.3) is 5.76 Å². The third-order valence-corrected chi connectivity index (χ3v) is 6.38. The second kappa shape index (κ2) is 9.14. The van der Waals surface area contributed by atoms with Gasteiger partial charge in [-0.1, -0.05) is 18.2 Å². The number of alkyl halides is 3. The van der Waals surface area contributed by atoms with E-state index in [4.69, 9.17) is 0 Å². The number of ether oxygens (including phenoxy) is 1. The van der Waals surface area contributed by atoms with E-state index < -0.39 is 29.8 Å². The van der Waals surface area contributed by atoms with Gasteiger partial charge in [-0.2, -0.15) is 0 Å². The molecule has 1 fully saturated rings. The molecule has 9 heteroatoms. The number of ketones is 1. The largest absolute Gasteiger partial charge is 0.573 e. The first kappa shape index (κ1) is 23.6. The van der Waals surface area contributed by atoms with Gasteiger partial charge >= 0.3 is 6.36 Å². The molecule has 2 aromatic carbocycles. The molecule has 1 aromatic heterocycles. The number of nitrogens with zero attached hydrogens (tertiary/aromatic N) is 2. The van der Waals surface area contributed by atoms with Crippen LogP contribution in [0.5, 0.6) is 5.75 Å². The molecule has 3 aromatic rings. The number of pyridine rings is 1. The first-order valence-corrected chi connectivity index (χ1v) is 11.4. The molecule has 1 unspecified atom stereocenters. The van der Waals surface area contributed by atoms with Crippen molar-refractivity contribution in [3.05, 3.63) is 94.8 Å². The lowest BCUT2D eigenvalue weighted by Crippen LogP contribution is -2.29. The molecule has 1 aliphatic heterocycles. The van der Waals surface area contributed by atoms with Gasteiger partial charge in [0.2, 0.25) is 0 Å². The number of amides is 1. The first-order chi connectivity index (χ1) is 17.2. The van der Waals surface area contributed by atoms with Crippen LogP contribution < -0.4 is 9.64 Å². The van der Waals surface area contributed by atoms with Crippen LogP contribution in [-0.4, -0.2) is 28.1 Å². The fourth-order valence-corrected chi connectivity index (χ4v) is 4.76. The van der Waals surface area contributed by atoms with Crippen molar-refractivity contribution in [3.63, 3.8) is 0 Å². The normalized spacial score (nSPS) is 19.3. The third kappa shape index (κ3) is 4.44. The summed E-state index contributed by atoms with van der Waals surface area (Å²) in [5.41, 5.74) is 3.06. The van der Waals surface area contributed by atoms with Gasteiger partial charge in [0.05, 0.1) is 11.3 Å². The molecule has 1 N–H and O–H groups in total. The van der Waals surface area contributed by atoms with E-state index in [1.165, 1.54) is 23.9 Å². The highest BCUT2D eigenvalue weighted by molar-refractivity contribution is 6.51. The number of hydrogen-bond acceptors (Lipinski definition) is 5. The van der Waals surface area contributed by atoms with E-state index >= 15 is 0 Å². The van der Waals surface area contributed by atoms with Crippen LogP contribution in [0.1, 0.15) is 41.3 Å². The van der Waals surface area contributed by atoms with Gasteiger partial charge in [-0.3, -0.25) is 19.5 Å². The number of aryl methyl sites for hydroxylation is 2. The number of carbonyl (C=O) groups excluding carboxylic acids is 2. The number of hydrogen-bond donors (Lipinski definition) is 1. The summed E-state index contributed by atoms with van der Waals surface area (Å²) in [6.07, 6.45) is 0.561. The topological polar surface area (TPSA) is 79.7 Å². The Morgan fingerprint density at radius 3 is 2.36 bits per heavy atom. The molecule has 0 radical (unpaired) electrons. The quantitative estimate of drug-likeness (QED) is 0.295. The average molecular weight is 494 g/mol. The van der Waals surface area contributed by atoms with E-state index in [0.717, 1.165) is 48.3 Å². The highest BCUT2D eigenvalue weighted by Crippen LogP contribution is 2.42. The van der Waals surface area contributed by atoms with Crippen molar-refractivity contribution < 1.29 is 32.6 Å². The van der Waals surface area contributed by atoms with E-state index in [1.807, 2.05) is 12.1 Å². The number of fused-ring (bicyclic) bond motifs is 1. The Labute approximate surface area is 204 Å². The van der Waals surface area contributed by atoms with Gasteiger partial charge < -0.3 is 9.84 Å². The Morgan fingerprint density at radius 1 is 0.972 bits per heavy atom. The molecule has 2 aliphatic rings. The van der Waals surface area contributed by atoms with E-state index in [1.54, 1.807) is 24.3 Å². The number of benzene rings is 2. The minimum absolute atomic E-state index is 0.134. The molecule has 0 spiro atoms. The van der Waals surface area contributed by atoms with Gasteiger partial charge in [-0.15, -0.1) is 13.2 Å². The second-order valence-corrected chi connectivity index (χ2v) is 8.66. The SMILES string of the molecule is O=C1C(=O)N(c2ccc(OC(F)(F)F)cc2)C(c2ccccn2)/C1=C(/O)c1ccc2c(c1)CCCC2. The standard InChI is InChI=1S/C27H21F3N2O4/c28-27(29,30)36-20-12-10-19(11-13-20)32-23(21-7-3-4-14-31-21)22(25(34)26(32)35)24(33)18-9-8-16-5-1-2-6-17(16)15-18/h3-4,7-15,23,33H,1-2,5-6H2/b24-22-. The van der Waals surface area contributed by atoms with Crippen LogP contribution in [0, 0.1) is 0 Å². The lowest BCUT2D eigenvalue weighted by molar-refractivity contribution is -0.274. The van der Waals surface area contributed by atoms with Gasteiger partial charge in [0.15, 0.2) is 0 Å². The molecule has 0 bridgehead atoms. The van der Waals surface area contributed by atoms with Crippen LogP contribution in [-0.2, 0) is 22.4 Å². The summed E-state index contributed by atoms with van der Waals surface area (Å²) in [5, 5.41) is 11.3. The molecule has 36 heavy (non-hydrogen) atoms. The highest BCUT2D eigenvalue weighted by atomic mass is 19.4. The monoisotopic (exact) mass is 494 g/mol. The van der Waals surface area contributed by atoms with E-state index in [2.05, 4.69) is 9.72 Å². The summed E-state index contributed by atoms with van der Waals surface area (Å²) in [5.74, 6) is -2.62. The Balaban J connectivity index is 1.61. The molecular formula is C27H21F3N2O4. The molecule has 1 atom stereocenters. The number of halogens is 3. The van der Waals surface area contributed by atoms with Crippen molar-refractivity contribution in [2.24, 2.45) is 0 Å². The zero-order chi connectivity index (χ0) is 25.4. The van der Waals surface area contributed by atoms with Crippen molar-refractivity contribution in [2.75, 3.05) is 4.90 Å².